The summed E-state index contributed by atoms with van der Waals surface area (Å²) < 4.78 is 10.4. The highest BCUT2D eigenvalue weighted by Crippen LogP contribution is 2.20. The van der Waals surface area contributed by atoms with Gasteiger partial charge in [0.05, 0.1) is 12.8 Å². The van der Waals surface area contributed by atoms with Crippen molar-refractivity contribution in [1.29, 1.82) is 0 Å². The van der Waals surface area contributed by atoms with E-state index in [1.165, 1.54) is 11.3 Å². The first kappa shape index (κ1) is 14.5. The summed E-state index contributed by atoms with van der Waals surface area (Å²) >= 11 is 1.28. The monoisotopic (exact) mass is 292 g/mol. The molecule has 2 N–H and O–H groups in total. The lowest BCUT2D eigenvalue weighted by atomic mass is 10.2. The van der Waals surface area contributed by atoms with Gasteiger partial charge in [-0.1, -0.05) is 12.1 Å². The summed E-state index contributed by atoms with van der Waals surface area (Å²) in [5, 5.41) is 0.732. The van der Waals surface area contributed by atoms with Crippen LogP contribution in [0.5, 0.6) is 5.75 Å². The van der Waals surface area contributed by atoms with Gasteiger partial charge in [-0.3, -0.25) is 0 Å². The summed E-state index contributed by atoms with van der Waals surface area (Å²) in [5.74, 6) is 0.362. The average molecular weight is 292 g/mol. The topological polar surface area (TPSA) is 74.4 Å². The third-order valence-corrected chi connectivity index (χ3v) is 3.86. The van der Waals surface area contributed by atoms with Gasteiger partial charge in [0, 0.05) is 6.54 Å². The van der Waals surface area contributed by atoms with Crippen LogP contribution in [0.3, 0.4) is 0 Å². The highest BCUT2D eigenvalue weighted by Gasteiger charge is 2.16. The van der Waals surface area contributed by atoms with E-state index in [0.29, 0.717) is 17.1 Å². The number of carbonyl (C=O) groups excluding carboxylic acids is 1. The molecule has 2 rings (SSSR count). The lowest BCUT2D eigenvalue weighted by Gasteiger charge is -2.05. The van der Waals surface area contributed by atoms with Gasteiger partial charge >= 0.3 is 5.97 Å². The standard InChI is InChI=1S/C14H16N2O3S/c1-9-13(20-12(7-15)16-9)14(17)19-8-10-4-3-5-11(6-10)18-2/h3-6H,7-8,15H2,1-2H3. The van der Waals surface area contributed by atoms with E-state index in [0.717, 1.165) is 16.3 Å². The maximum Gasteiger partial charge on any atom is 0.350 e. The van der Waals surface area contributed by atoms with Gasteiger partial charge in [-0.05, 0) is 24.6 Å². The van der Waals surface area contributed by atoms with E-state index < -0.39 is 0 Å². The van der Waals surface area contributed by atoms with Crippen LogP contribution in [0.25, 0.3) is 0 Å². The minimum Gasteiger partial charge on any atom is -0.497 e. The fourth-order valence-corrected chi connectivity index (χ4v) is 2.54. The Hall–Kier alpha value is -1.92. The van der Waals surface area contributed by atoms with Gasteiger partial charge in [0.15, 0.2) is 0 Å². The highest BCUT2D eigenvalue weighted by molar-refractivity contribution is 7.13. The molecule has 0 radical (unpaired) electrons. The molecule has 0 saturated carbocycles. The summed E-state index contributed by atoms with van der Waals surface area (Å²) in [6, 6.07) is 7.40. The maximum atomic E-state index is 12.0. The minimum absolute atomic E-state index is 0.200. The Bertz CT molecular complexity index is 610. The molecule has 0 aliphatic heterocycles. The molecule has 0 unspecified atom stereocenters. The number of aromatic nitrogens is 1. The Kier molecular flexibility index (Phi) is 4.70. The summed E-state index contributed by atoms with van der Waals surface area (Å²) in [7, 11) is 1.60. The molecular formula is C14H16N2O3S. The molecule has 20 heavy (non-hydrogen) atoms. The number of thiazole rings is 1. The number of benzene rings is 1. The zero-order valence-electron chi connectivity index (χ0n) is 11.4. The van der Waals surface area contributed by atoms with E-state index in [4.69, 9.17) is 15.2 Å². The Labute approximate surface area is 121 Å². The SMILES string of the molecule is COc1cccc(COC(=O)c2sc(CN)nc2C)c1. The minimum atomic E-state index is -0.373. The van der Waals surface area contributed by atoms with Gasteiger partial charge in [-0.25, -0.2) is 9.78 Å². The molecule has 0 atom stereocenters. The number of nitrogens with two attached hydrogens (primary N) is 1. The van der Waals surface area contributed by atoms with Crippen molar-refractivity contribution in [2.45, 2.75) is 20.1 Å². The summed E-state index contributed by atoms with van der Waals surface area (Å²) in [6.07, 6.45) is 0. The second-order valence-corrected chi connectivity index (χ2v) is 5.24. The largest absolute Gasteiger partial charge is 0.497 e. The predicted octanol–water partition coefficient (Wildman–Crippen LogP) is 2.28. The fourth-order valence-electron chi connectivity index (χ4n) is 1.71. The molecule has 6 heteroatoms. The molecule has 0 aliphatic rings. The van der Waals surface area contributed by atoms with Crippen molar-refractivity contribution in [2.24, 2.45) is 5.73 Å². The number of rotatable bonds is 5. The Morgan fingerprint density at radius 2 is 2.25 bits per heavy atom. The first-order valence-electron chi connectivity index (χ1n) is 6.10. The van der Waals surface area contributed by atoms with Crippen LogP contribution in [0.1, 0.15) is 25.9 Å². The van der Waals surface area contributed by atoms with E-state index >= 15 is 0 Å². The van der Waals surface area contributed by atoms with Crippen molar-refractivity contribution in [1.82, 2.24) is 4.98 Å². The fraction of sp³-hybridized carbons (Fsp3) is 0.286. The Morgan fingerprint density at radius 3 is 2.90 bits per heavy atom. The van der Waals surface area contributed by atoms with Crippen molar-refractivity contribution in [3.63, 3.8) is 0 Å². The van der Waals surface area contributed by atoms with Crippen LogP contribution < -0.4 is 10.5 Å². The second-order valence-electron chi connectivity index (χ2n) is 4.15. The smallest absolute Gasteiger partial charge is 0.350 e. The van der Waals surface area contributed by atoms with E-state index in [-0.39, 0.29) is 12.6 Å². The normalized spacial score (nSPS) is 10.3. The van der Waals surface area contributed by atoms with Crippen LogP contribution in [0.15, 0.2) is 24.3 Å². The molecule has 0 spiro atoms. The molecule has 0 amide bonds. The summed E-state index contributed by atoms with van der Waals surface area (Å²) in [6.45, 7) is 2.30. The zero-order valence-corrected chi connectivity index (χ0v) is 12.2. The van der Waals surface area contributed by atoms with Crippen LogP contribution in [-0.4, -0.2) is 18.1 Å². The number of methoxy groups -OCH3 is 1. The first-order chi connectivity index (χ1) is 9.63. The first-order valence-corrected chi connectivity index (χ1v) is 6.92. The second kappa shape index (κ2) is 6.49. The third-order valence-electron chi connectivity index (χ3n) is 2.70. The molecular weight excluding hydrogens is 276 g/mol. The predicted molar refractivity (Wildman–Crippen MR) is 76.9 cm³/mol. The van der Waals surface area contributed by atoms with Crippen molar-refractivity contribution in [2.75, 3.05) is 7.11 Å². The van der Waals surface area contributed by atoms with Crippen molar-refractivity contribution < 1.29 is 14.3 Å². The summed E-state index contributed by atoms with van der Waals surface area (Å²) in [5.41, 5.74) is 7.04. The van der Waals surface area contributed by atoms with Gasteiger partial charge in [-0.15, -0.1) is 11.3 Å². The number of hydrogen-bond donors (Lipinski definition) is 1. The molecule has 1 aromatic heterocycles. The number of esters is 1. The number of carbonyl (C=O) groups is 1. The van der Waals surface area contributed by atoms with Gasteiger partial charge < -0.3 is 15.2 Å². The van der Waals surface area contributed by atoms with Gasteiger partial charge in [-0.2, -0.15) is 0 Å². The number of ether oxygens (including phenoxy) is 2. The number of hydrogen-bond acceptors (Lipinski definition) is 6. The van der Waals surface area contributed by atoms with Crippen LogP contribution >= 0.6 is 11.3 Å². The van der Waals surface area contributed by atoms with Gasteiger partial charge in [0.25, 0.3) is 0 Å². The maximum absolute atomic E-state index is 12.0. The molecule has 106 valence electrons. The van der Waals surface area contributed by atoms with E-state index in [9.17, 15) is 4.79 Å². The van der Waals surface area contributed by atoms with Gasteiger partial charge in [0.1, 0.15) is 22.2 Å². The molecule has 1 aromatic carbocycles. The van der Waals surface area contributed by atoms with E-state index in [1.54, 1.807) is 14.0 Å². The van der Waals surface area contributed by atoms with Crippen LogP contribution in [0, 0.1) is 6.92 Å². The molecule has 5 nitrogen and oxygen atoms in total. The third kappa shape index (κ3) is 3.34. The molecule has 2 aromatic rings. The highest BCUT2D eigenvalue weighted by atomic mass is 32.1. The molecule has 0 bridgehead atoms. The summed E-state index contributed by atoms with van der Waals surface area (Å²) in [4.78, 5) is 16.7. The number of nitrogens with zero attached hydrogens (tertiary/aromatic N) is 1. The molecule has 0 saturated heterocycles. The van der Waals surface area contributed by atoms with Crippen LogP contribution in [0.4, 0.5) is 0 Å². The van der Waals surface area contributed by atoms with Crippen molar-refractivity contribution >= 4 is 17.3 Å². The van der Waals surface area contributed by atoms with Crippen LogP contribution in [0.2, 0.25) is 0 Å². The lowest BCUT2D eigenvalue weighted by Crippen LogP contribution is -2.05. The Balaban J connectivity index is 2.02. The number of aryl methyl sites for hydroxylation is 1. The Morgan fingerprint density at radius 1 is 1.45 bits per heavy atom. The van der Waals surface area contributed by atoms with Crippen LogP contribution in [-0.2, 0) is 17.9 Å². The quantitative estimate of drug-likeness (QED) is 0.856. The van der Waals surface area contributed by atoms with Gasteiger partial charge in [0.2, 0.25) is 0 Å². The molecule has 0 aliphatic carbocycles. The van der Waals surface area contributed by atoms with E-state index in [2.05, 4.69) is 4.98 Å². The lowest BCUT2D eigenvalue weighted by molar-refractivity contribution is 0.0477. The molecule has 1 heterocycles. The average Bonchev–Trinajstić information content (AvgIpc) is 2.86. The zero-order chi connectivity index (χ0) is 14.5. The van der Waals surface area contributed by atoms with Crippen molar-refractivity contribution in [3.05, 3.63) is 45.4 Å². The molecule has 0 fully saturated rings. The van der Waals surface area contributed by atoms with E-state index in [1.807, 2.05) is 24.3 Å². The van der Waals surface area contributed by atoms with Crippen molar-refractivity contribution in [3.8, 4) is 5.75 Å².